The van der Waals surface area contributed by atoms with Gasteiger partial charge in [0.05, 0.1) is 19.0 Å². The van der Waals surface area contributed by atoms with Crippen LogP contribution in [0.15, 0.2) is 12.3 Å². The van der Waals surface area contributed by atoms with Crippen molar-refractivity contribution in [1.29, 1.82) is 0 Å². The van der Waals surface area contributed by atoms with Gasteiger partial charge in [0.2, 0.25) is 5.88 Å². The van der Waals surface area contributed by atoms with Crippen molar-refractivity contribution in [1.82, 2.24) is 9.88 Å². The third-order valence-electron chi connectivity index (χ3n) is 5.52. The van der Waals surface area contributed by atoms with Crippen LogP contribution >= 0.6 is 0 Å². The Morgan fingerprint density at radius 3 is 2.59 bits per heavy atom. The fraction of sp³-hybridized carbons (Fsp3) is 0.579. The largest absolute Gasteiger partial charge is 0.480 e. The molecule has 0 aromatic carbocycles. The number of methoxy groups -OCH3 is 1. The summed E-state index contributed by atoms with van der Waals surface area (Å²) in [7, 11) is 1.37. The van der Waals surface area contributed by atoms with E-state index in [-0.39, 0.29) is 24.6 Å². The van der Waals surface area contributed by atoms with Gasteiger partial charge in [0, 0.05) is 14.0 Å². The van der Waals surface area contributed by atoms with Crippen LogP contribution in [0, 0.1) is 5.92 Å². The molecule has 3 amide bonds. The van der Waals surface area contributed by atoms with Gasteiger partial charge in [-0.15, -0.1) is 0 Å². The summed E-state index contributed by atoms with van der Waals surface area (Å²) in [5.74, 6) is -1.40. The SMILES string of the molecule is COc1ncc(NC(=O)C(=O)N2CCCC[C@H]2C2CCCC2)cc1C(N)=O.[HH]. The quantitative estimate of drug-likeness (QED) is 0.780. The Bertz CT molecular complexity index is 737. The molecule has 1 aliphatic heterocycles. The molecule has 2 fully saturated rings. The molecule has 0 radical (unpaired) electrons. The molecule has 1 aromatic rings. The highest BCUT2D eigenvalue weighted by Gasteiger charge is 2.36. The second kappa shape index (κ2) is 8.37. The van der Waals surface area contributed by atoms with E-state index in [0.717, 1.165) is 32.1 Å². The lowest BCUT2D eigenvalue weighted by atomic mass is 9.89. The summed E-state index contributed by atoms with van der Waals surface area (Å²) in [6.45, 7) is 0.612. The van der Waals surface area contributed by atoms with Crippen LogP contribution in [0.1, 0.15) is 56.7 Å². The van der Waals surface area contributed by atoms with Crippen LogP contribution in [0.4, 0.5) is 5.69 Å². The van der Waals surface area contributed by atoms with Crippen LogP contribution in [-0.4, -0.2) is 47.3 Å². The number of ether oxygens (including phenoxy) is 1. The topological polar surface area (TPSA) is 115 Å². The fourth-order valence-corrected chi connectivity index (χ4v) is 4.22. The number of nitrogens with zero attached hydrogens (tertiary/aromatic N) is 2. The number of hydrogen-bond donors (Lipinski definition) is 2. The molecule has 148 valence electrons. The van der Waals surface area contributed by atoms with E-state index in [4.69, 9.17) is 10.5 Å². The standard InChI is InChI=1S/C19H26N4O4.H2/c1-27-18-14(16(20)24)10-13(11-21-18)22-17(25)19(26)23-9-5-4-8-15(23)12-6-2-3-7-12;/h10-12,15H,2-9H2,1H3,(H2,20,24)(H,22,25);1H/t15-;/m0./s1. The number of pyridine rings is 1. The molecule has 1 aromatic heterocycles. The molecule has 2 aliphatic rings. The summed E-state index contributed by atoms with van der Waals surface area (Å²) < 4.78 is 4.98. The van der Waals surface area contributed by atoms with Gasteiger partial charge in [0.1, 0.15) is 5.56 Å². The van der Waals surface area contributed by atoms with Gasteiger partial charge in [0.15, 0.2) is 0 Å². The number of carbonyl (C=O) groups excluding carboxylic acids is 3. The molecule has 0 spiro atoms. The number of amides is 3. The zero-order valence-corrected chi connectivity index (χ0v) is 15.6. The molecule has 1 saturated carbocycles. The molecule has 0 unspecified atom stereocenters. The number of likely N-dealkylation sites (tertiary alicyclic amines) is 1. The normalized spacial score (nSPS) is 20.3. The third-order valence-corrected chi connectivity index (χ3v) is 5.52. The predicted octanol–water partition coefficient (Wildman–Crippen LogP) is 1.94. The number of nitrogens with one attached hydrogen (secondary N) is 1. The summed E-state index contributed by atoms with van der Waals surface area (Å²) in [5, 5.41) is 2.54. The molecule has 3 N–H and O–H groups in total. The van der Waals surface area contributed by atoms with E-state index in [0.29, 0.717) is 12.5 Å². The molecule has 2 heterocycles. The Labute approximate surface area is 159 Å². The number of carbonyl (C=O) groups is 3. The molecular formula is C19H28N4O4. The fourth-order valence-electron chi connectivity index (χ4n) is 4.22. The van der Waals surface area contributed by atoms with Crippen LogP contribution in [0.25, 0.3) is 0 Å². The minimum absolute atomic E-state index is 0. The van der Waals surface area contributed by atoms with Crippen molar-refractivity contribution in [2.75, 3.05) is 19.0 Å². The van der Waals surface area contributed by atoms with Crippen molar-refractivity contribution in [3.63, 3.8) is 0 Å². The first-order chi connectivity index (χ1) is 13.0. The molecule has 1 saturated heterocycles. The first kappa shape index (κ1) is 19.1. The number of piperidine rings is 1. The molecule has 1 atom stereocenters. The van der Waals surface area contributed by atoms with Crippen LogP contribution in [0.5, 0.6) is 5.88 Å². The van der Waals surface area contributed by atoms with E-state index in [2.05, 4.69) is 10.3 Å². The van der Waals surface area contributed by atoms with Gasteiger partial charge in [0.25, 0.3) is 5.91 Å². The molecular weight excluding hydrogens is 348 g/mol. The maximum atomic E-state index is 12.8. The smallest absolute Gasteiger partial charge is 0.313 e. The molecule has 8 heteroatoms. The Hall–Kier alpha value is -2.64. The molecule has 1 aliphatic carbocycles. The highest BCUT2D eigenvalue weighted by atomic mass is 16.5. The Kier molecular flexibility index (Phi) is 5.93. The van der Waals surface area contributed by atoms with Gasteiger partial charge in [-0.05, 0) is 44.1 Å². The predicted molar refractivity (Wildman–Crippen MR) is 101 cm³/mol. The van der Waals surface area contributed by atoms with Gasteiger partial charge in [-0.2, -0.15) is 0 Å². The van der Waals surface area contributed by atoms with E-state index in [1.807, 2.05) is 0 Å². The number of hydrogen-bond acceptors (Lipinski definition) is 5. The number of nitrogens with two attached hydrogens (primary N) is 1. The summed E-state index contributed by atoms with van der Waals surface area (Å²) >= 11 is 0. The van der Waals surface area contributed by atoms with E-state index in [1.165, 1.54) is 32.2 Å². The number of anilines is 1. The van der Waals surface area contributed by atoms with E-state index in [9.17, 15) is 14.4 Å². The summed E-state index contributed by atoms with van der Waals surface area (Å²) in [5.41, 5.74) is 5.59. The average Bonchev–Trinajstić information content (AvgIpc) is 3.22. The number of rotatable bonds is 4. The summed E-state index contributed by atoms with van der Waals surface area (Å²) in [6.07, 6.45) is 8.95. The van der Waals surface area contributed by atoms with Gasteiger partial charge < -0.3 is 20.7 Å². The van der Waals surface area contributed by atoms with Crippen LogP contribution in [0.3, 0.4) is 0 Å². The highest BCUT2D eigenvalue weighted by molar-refractivity contribution is 6.39. The van der Waals surface area contributed by atoms with Crippen molar-refractivity contribution in [2.45, 2.75) is 51.0 Å². The Morgan fingerprint density at radius 2 is 1.93 bits per heavy atom. The Balaban J connectivity index is 0.00000280. The van der Waals surface area contributed by atoms with Crippen molar-refractivity contribution >= 4 is 23.4 Å². The molecule has 3 rings (SSSR count). The lowest BCUT2D eigenvalue weighted by Crippen LogP contribution is -2.50. The van der Waals surface area contributed by atoms with Gasteiger partial charge >= 0.3 is 11.8 Å². The van der Waals surface area contributed by atoms with E-state index in [1.54, 1.807) is 4.90 Å². The summed E-state index contributed by atoms with van der Waals surface area (Å²) in [4.78, 5) is 42.5. The van der Waals surface area contributed by atoms with Crippen molar-refractivity contribution in [3.8, 4) is 5.88 Å². The molecule has 0 bridgehead atoms. The van der Waals surface area contributed by atoms with Gasteiger partial charge in [-0.1, -0.05) is 12.8 Å². The number of aromatic nitrogens is 1. The van der Waals surface area contributed by atoms with E-state index >= 15 is 0 Å². The Morgan fingerprint density at radius 1 is 1.22 bits per heavy atom. The maximum absolute atomic E-state index is 12.8. The second-order valence-corrected chi connectivity index (χ2v) is 7.21. The first-order valence-corrected chi connectivity index (χ1v) is 9.47. The monoisotopic (exact) mass is 376 g/mol. The minimum Gasteiger partial charge on any atom is -0.480 e. The molecule has 27 heavy (non-hydrogen) atoms. The van der Waals surface area contributed by atoms with Crippen LogP contribution in [-0.2, 0) is 9.59 Å². The summed E-state index contributed by atoms with van der Waals surface area (Å²) in [6, 6.07) is 1.51. The lowest BCUT2D eigenvalue weighted by molar-refractivity contribution is -0.146. The van der Waals surface area contributed by atoms with Crippen molar-refractivity contribution in [2.24, 2.45) is 11.7 Å². The van der Waals surface area contributed by atoms with Crippen molar-refractivity contribution < 1.29 is 20.5 Å². The molecule has 8 nitrogen and oxygen atoms in total. The van der Waals surface area contributed by atoms with Gasteiger partial charge in [-0.3, -0.25) is 14.4 Å². The first-order valence-electron chi connectivity index (χ1n) is 9.47. The third kappa shape index (κ3) is 4.20. The number of primary amides is 1. The second-order valence-electron chi connectivity index (χ2n) is 7.21. The zero-order chi connectivity index (χ0) is 19.4. The average molecular weight is 376 g/mol. The van der Waals surface area contributed by atoms with Gasteiger partial charge in [-0.25, -0.2) is 4.98 Å². The minimum atomic E-state index is -0.723. The van der Waals surface area contributed by atoms with Crippen LogP contribution < -0.4 is 15.8 Å². The lowest BCUT2D eigenvalue weighted by Gasteiger charge is -2.38. The highest BCUT2D eigenvalue weighted by Crippen LogP contribution is 2.35. The van der Waals surface area contributed by atoms with E-state index < -0.39 is 17.7 Å². The van der Waals surface area contributed by atoms with Crippen molar-refractivity contribution in [3.05, 3.63) is 17.8 Å². The zero-order valence-electron chi connectivity index (χ0n) is 15.6. The van der Waals surface area contributed by atoms with Crippen LogP contribution in [0.2, 0.25) is 0 Å². The maximum Gasteiger partial charge on any atom is 0.313 e.